The molecule has 0 saturated carbocycles. The summed E-state index contributed by atoms with van der Waals surface area (Å²) in [6.45, 7) is 5.42. The number of ether oxygens (including phenoxy) is 1. The van der Waals surface area contributed by atoms with E-state index in [0.29, 0.717) is 17.5 Å². The number of rotatable bonds is 3. The average Bonchev–Trinajstić information content (AvgIpc) is 2.25. The molecule has 98 valence electrons. The molecule has 6 heteroatoms. The molecule has 1 heterocycles. The Balaban J connectivity index is 2.64. The maximum Gasteiger partial charge on any atom is 0.407 e. The van der Waals surface area contributed by atoms with Crippen LogP contribution in [0.4, 0.5) is 10.5 Å². The first-order valence-corrected chi connectivity index (χ1v) is 5.49. The smallest absolute Gasteiger partial charge is 0.407 e. The number of nitrogens with one attached hydrogen (secondary N) is 1. The number of carbonyl (C=O) groups excluding carboxylic acids is 2. The highest BCUT2D eigenvalue weighted by molar-refractivity contribution is 5.83. The van der Waals surface area contributed by atoms with Crippen molar-refractivity contribution in [1.82, 2.24) is 10.3 Å². The molecule has 6 nitrogen and oxygen atoms in total. The molecule has 0 spiro atoms. The van der Waals surface area contributed by atoms with Crippen LogP contribution in [0.1, 0.15) is 36.8 Å². The number of aldehydes is 1. The third-order valence-electron chi connectivity index (χ3n) is 2.03. The molecule has 0 aliphatic heterocycles. The van der Waals surface area contributed by atoms with Gasteiger partial charge in [-0.3, -0.25) is 9.78 Å². The number of hydrogen-bond acceptors (Lipinski definition) is 5. The molecule has 0 aliphatic rings. The van der Waals surface area contributed by atoms with Crippen molar-refractivity contribution in [3.05, 3.63) is 23.5 Å². The predicted molar refractivity (Wildman–Crippen MR) is 67.1 cm³/mol. The number of amides is 1. The van der Waals surface area contributed by atoms with E-state index in [0.717, 1.165) is 0 Å². The van der Waals surface area contributed by atoms with Gasteiger partial charge < -0.3 is 15.8 Å². The molecule has 0 fully saturated rings. The second-order valence-corrected chi connectivity index (χ2v) is 4.73. The summed E-state index contributed by atoms with van der Waals surface area (Å²) in [5.41, 5.74) is 6.22. The molecule has 0 aliphatic carbocycles. The number of alkyl carbamates (subject to hydrolysis) is 1. The first kappa shape index (κ1) is 14.0. The van der Waals surface area contributed by atoms with Crippen molar-refractivity contribution in [2.75, 3.05) is 5.73 Å². The van der Waals surface area contributed by atoms with Crippen molar-refractivity contribution in [1.29, 1.82) is 0 Å². The number of anilines is 1. The maximum atomic E-state index is 11.4. The van der Waals surface area contributed by atoms with Gasteiger partial charge in [-0.05, 0) is 26.8 Å². The molecule has 0 radical (unpaired) electrons. The zero-order chi connectivity index (χ0) is 13.8. The molecular weight excluding hydrogens is 234 g/mol. The first-order valence-electron chi connectivity index (χ1n) is 5.49. The maximum absolute atomic E-state index is 11.4. The van der Waals surface area contributed by atoms with Gasteiger partial charge in [0, 0.05) is 11.8 Å². The molecule has 1 rings (SSSR count). The van der Waals surface area contributed by atoms with Crippen LogP contribution in [-0.2, 0) is 11.3 Å². The summed E-state index contributed by atoms with van der Waals surface area (Å²) in [4.78, 5) is 26.1. The van der Waals surface area contributed by atoms with Gasteiger partial charge in [-0.1, -0.05) is 0 Å². The minimum atomic E-state index is -0.562. The van der Waals surface area contributed by atoms with Gasteiger partial charge >= 0.3 is 6.09 Å². The van der Waals surface area contributed by atoms with Gasteiger partial charge in [0.15, 0.2) is 6.29 Å². The van der Waals surface area contributed by atoms with E-state index in [2.05, 4.69) is 10.3 Å². The Kier molecular flexibility index (Phi) is 4.25. The summed E-state index contributed by atoms with van der Waals surface area (Å²) in [5.74, 6) is 0. The van der Waals surface area contributed by atoms with E-state index >= 15 is 0 Å². The fourth-order valence-corrected chi connectivity index (χ4v) is 1.25. The largest absolute Gasteiger partial charge is 0.444 e. The number of nitrogens with zero attached hydrogens (tertiary/aromatic N) is 1. The summed E-state index contributed by atoms with van der Waals surface area (Å²) in [6, 6.07) is 1.51. The van der Waals surface area contributed by atoms with Crippen LogP contribution in [0, 0.1) is 0 Å². The molecule has 18 heavy (non-hydrogen) atoms. The van der Waals surface area contributed by atoms with Gasteiger partial charge in [-0.2, -0.15) is 0 Å². The number of aromatic nitrogens is 1. The van der Waals surface area contributed by atoms with Crippen LogP contribution in [0.15, 0.2) is 12.3 Å². The number of nitrogen functional groups attached to an aromatic ring is 1. The van der Waals surface area contributed by atoms with Crippen LogP contribution in [0.3, 0.4) is 0 Å². The van der Waals surface area contributed by atoms with Gasteiger partial charge in [0.05, 0.1) is 17.9 Å². The van der Waals surface area contributed by atoms with E-state index in [1.165, 1.54) is 12.3 Å². The van der Waals surface area contributed by atoms with E-state index in [9.17, 15) is 9.59 Å². The van der Waals surface area contributed by atoms with Crippen LogP contribution in [0.5, 0.6) is 0 Å². The summed E-state index contributed by atoms with van der Waals surface area (Å²) in [7, 11) is 0. The summed E-state index contributed by atoms with van der Waals surface area (Å²) >= 11 is 0. The van der Waals surface area contributed by atoms with Gasteiger partial charge in [0.1, 0.15) is 5.60 Å². The van der Waals surface area contributed by atoms with Crippen molar-refractivity contribution in [2.24, 2.45) is 0 Å². The van der Waals surface area contributed by atoms with Gasteiger partial charge in [0.2, 0.25) is 0 Å². The fraction of sp³-hybridized carbons (Fsp3) is 0.417. The first-order chi connectivity index (χ1) is 8.33. The Hall–Kier alpha value is -2.11. The van der Waals surface area contributed by atoms with Gasteiger partial charge in [0.25, 0.3) is 0 Å². The molecule has 1 aromatic heterocycles. The quantitative estimate of drug-likeness (QED) is 0.794. The number of carbonyl (C=O) groups is 2. The lowest BCUT2D eigenvalue weighted by Crippen LogP contribution is -2.32. The zero-order valence-corrected chi connectivity index (χ0v) is 10.7. The molecule has 3 N–H and O–H groups in total. The molecule has 0 saturated heterocycles. The van der Waals surface area contributed by atoms with Crippen LogP contribution < -0.4 is 11.1 Å². The second-order valence-electron chi connectivity index (χ2n) is 4.73. The Bertz CT molecular complexity index is 452. The standard InChI is InChI=1S/C12H17N3O3/c1-12(2,3)18-11(17)15-6-9-10(13)8(7-16)4-5-14-9/h4-5,7H,6,13H2,1-3H3,(H,15,17). The highest BCUT2D eigenvalue weighted by Crippen LogP contribution is 2.13. The molecule has 1 aromatic rings. The van der Waals surface area contributed by atoms with Gasteiger partial charge in [-0.25, -0.2) is 4.79 Å². The Morgan fingerprint density at radius 2 is 2.22 bits per heavy atom. The molecule has 0 aromatic carbocycles. The highest BCUT2D eigenvalue weighted by atomic mass is 16.6. The molecule has 1 amide bonds. The summed E-state index contributed by atoms with van der Waals surface area (Å²) in [6.07, 6.45) is 1.56. The van der Waals surface area contributed by atoms with Crippen molar-refractivity contribution >= 4 is 18.1 Å². The van der Waals surface area contributed by atoms with Crippen LogP contribution >= 0.6 is 0 Å². The monoisotopic (exact) mass is 251 g/mol. The molecular formula is C12H17N3O3. The minimum Gasteiger partial charge on any atom is -0.444 e. The number of pyridine rings is 1. The summed E-state index contributed by atoms with van der Waals surface area (Å²) in [5, 5.41) is 2.53. The summed E-state index contributed by atoms with van der Waals surface area (Å²) < 4.78 is 5.07. The third-order valence-corrected chi connectivity index (χ3v) is 2.03. The Morgan fingerprint density at radius 3 is 2.78 bits per heavy atom. The SMILES string of the molecule is CC(C)(C)OC(=O)NCc1nccc(C=O)c1N. The van der Waals surface area contributed by atoms with E-state index in [1.807, 2.05) is 0 Å². The van der Waals surface area contributed by atoms with Crippen molar-refractivity contribution in [3.63, 3.8) is 0 Å². The lowest BCUT2D eigenvalue weighted by molar-refractivity contribution is 0.0523. The topological polar surface area (TPSA) is 94.3 Å². The lowest BCUT2D eigenvalue weighted by atomic mass is 10.2. The zero-order valence-electron chi connectivity index (χ0n) is 10.7. The second kappa shape index (κ2) is 5.48. The van der Waals surface area contributed by atoms with Crippen molar-refractivity contribution < 1.29 is 14.3 Å². The van der Waals surface area contributed by atoms with E-state index in [1.54, 1.807) is 20.8 Å². The fourth-order valence-electron chi connectivity index (χ4n) is 1.25. The van der Waals surface area contributed by atoms with Crippen molar-refractivity contribution in [2.45, 2.75) is 32.9 Å². The van der Waals surface area contributed by atoms with Crippen LogP contribution in [0.2, 0.25) is 0 Å². The van der Waals surface area contributed by atoms with Crippen LogP contribution in [-0.4, -0.2) is 23.0 Å². The van der Waals surface area contributed by atoms with Crippen LogP contribution in [0.25, 0.3) is 0 Å². The van der Waals surface area contributed by atoms with E-state index in [-0.39, 0.29) is 12.2 Å². The lowest BCUT2D eigenvalue weighted by Gasteiger charge is -2.19. The molecule has 0 unspecified atom stereocenters. The van der Waals surface area contributed by atoms with E-state index < -0.39 is 11.7 Å². The normalized spacial score (nSPS) is 10.8. The van der Waals surface area contributed by atoms with E-state index in [4.69, 9.17) is 10.5 Å². The highest BCUT2D eigenvalue weighted by Gasteiger charge is 2.16. The average molecular weight is 251 g/mol. The number of hydrogen-bond donors (Lipinski definition) is 2. The van der Waals surface area contributed by atoms with Crippen molar-refractivity contribution in [3.8, 4) is 0 Å². The molecule has 0 atom stereocenters. The molecule has 0 bridgehead atoms. The predicted octanol–water partition coefficient (Wildman–Crippen LogP) is 1.50. The minimum absolute atomic E-state index is 0.114. The number of nitrogens with two attached hydrogens (primary N) is 1. The third kappa shape index (κ3) is 4.04. The Labute approximate surface area is 106 Å². The Morgan fingerprint density at radius 1 is 1.56 bits per heavy atom. The van der Waals surface area contributed by atoms with Gasteiger partial charge in [-0.15, -0.1) is 0 Å².